The molecule has 14 heavy (non-hydrogen) atoms. The van der Waals surface area contributed by atoms with Crippen molar-refractivity contribution in [2.75, 3.05) is 0 Å². The third kappa shape index (κ3) is 3.67. The molecule has 1 unspecified atom stereocenters. The van der Waals surface area contributed by atoms with Crippen LogP contribution in [0.3, 0.4) is 0 Å². The predicted molar refractivity (Wildman–Crippen MR) is 59.2 cm³/mol. The number of benzene rings is 1. The molecule has 1 aromatic rings. The largest absolute Gasteiger partial charge is 0.207 e. The van der Waals surface area contributed by atoms with Crippen LogP contribution < -0.4 is 0 Å². The van der Waals surface area contributed by atoms with Gasteiger partial charge in [-0.25, -0.2) is 4.39 Å². The molecule has 2 heteroatoms. The Morgan fingerprint density at radius 3 is 2.64 bits per heavy atom. The molecule has 0 nitrogen and oxygen atoms in total. The number of halogens is 2. The second-order valence-corrected chi connectivity index (χ2v) is 4.49. The molecule has 1 atom stereocenters. The highest BCUT2D eigenvalue weighted by Gasteiger charge is 2.09. The van der Waals surface area contributed by atoms with Gasteiger partial charge in [0, 0.05) is 5.38 Å². The Kier molecular flexibility index (Phi) is 4.40. The molecular weight excluding hydrogens is 199 g/mol. The summed E-state index contributed by atoms with van der Waals surface area (Å²) in [6.07, 6.45) is 1.76. The van der Waals surface area contributed by atoms with E-state index in [2.05, 4.69) is 13.8 Å². The van der Waals surface area contributed by atoms with Crippen LogP contribution >= 0.6 is 11.6 Å². The zero-order valence-electron chi connectivity index (χ0n) is 8.63. The van der Waals surface area contributed by atoms with Gasteiger partial charge in [0.1, 0.15) is 5.82 Å². The van der Waals surface area contributed by atoms with Crippen molar-refractivity contribution < 1.29 is 4.39 Å². The average molecular weight is 215 g/mol. The molecule has 0 spiro atoms. The first-order valence-electron chi connectivity index (χ1n) is 4.98. The van der Waals surface area contributed by atoms with Crippen molar-refractivity contribution in [3.8, 4) is 0 Å². The van der Waals surface area contributed by atoms with Gasteiger partial charge in [-0.05, 0) is 36.5 Å². The number of alkyl halides is 1. The van der Waals surface area contributed by atoms with E-state index in [9.17, 15) is 4.39 Å². The summed E-state index contributed by atoms with van der Waals surface area (Å²) in [5, 5.41) is 0.179. The summed E-state index contributed by atoms with van der Waals surface area (Å²) < 4.78 is 12.8. The summed E-state index contributed by atoms with van der Waals surface area (Å²) in [7, 11) is 0. The third-order valence-corrected chi connectivity index (χ3v) is 3.04. The highest BCUT2D eigenvalue weighted by molar-refractivity contribution is 6.20. The average Bonchev–Trinajstić information content (AvgIpc) is 2.14. The second-order valence-electron chi connectivity index (χ2n) is 3.93. The van der Waals surface area contributed by atoms with Crippen molar-refractivity contribution in [2.24, 2.45) is 5.92 Å². The minimum absolute atomic E-state index is 0.168. The lowest BCUT2D eigenvalue weighted by atomic mass is 10.0. The summed E-state index contributed by atoms with van der Waals surface area (Å²) >= 11 is 6.11. The lowest BCUT2D eigenvalue weighted by Crippen LogP contribution is -2.08. The molecule has 0 radical (unpaired) electrons. The van der Waals surface area contributed by atoms with E-state index in [0.717, 1.165) is 18.4 Å². The third-order valence-electron chi connectivity index (χ3n) is 2.32. The molecule has 0 bridgehead atoms. The van der Waals surface area contributed by atoms with Crippen LogP contribution in [0, 0.1) is 11.7 Å². The lowest BCUT2D eigenvalue weighted by Gasteiger charge is -2.12. The first-order valence-corrected chi connectivity index (χ1v) is 5.41. The van der Waals surface area contributed by atoms with E-state index in [1.165, 1.54) is 6.07 Å². The standard InChI is InChI=1S/C12H16ClF/c1-9(2)12(13)7-6-10-4-3-5-11(14)8-10/h3-5,8-9,12H,6-7H2,1-2H3. The number of rotatable bonds is 4. The van der Waals surface area contributed by atoms with E-state index in [1.807, 2.05) is 6.07 Å². The van der Waals surface area contributed by atoms with Crippen LogP contribution in [0.25, 0.3) is 0 Å². The molecule has 0 amide bonds. The minimum Gasteiger partial charge on any atom is -0.207 e. The summed E-state index contributed by atoms with van der Waals surface area (Å²) in [6.45, 7) is 4.20. The Labute approximate surface area is 90.1 Å². The van der Waals surface area contributed by atoms with Gasteiger partial charge in [0.05, 0.1) is 0 Å². The van der Waals surface area contributed by atoms with Crippen molar-refractivity contribution in [3.05, 3.63) is 35.6 Å². The molecule has 0 aliphatic carbocycles. The van der Waals surface area contributed by atoms with Crippen LogP contribution in [-0.4, -0.2) is 5.38 Å². The maximum absolute atomic E-state index is 12.8. The fourth-order valence-corrected chi connectivity index (χ4v) is 1.44. The van der Waals surface area contributed by atoms with Gasteiger partial charge >= 0.3 is 0 Å². The quantitative estimate of drug-likeness (QED) is 0.665. The monoisotopic (exact) mass is 214 g/mol. The van der Waals surface area contributed by atoms with Gasteiger partial charge in [-0.15, -0.1) is 11.6 Å². The molecule has 1 aromatic carbocycles. The maximum Gasteiger partial charge on any atom is 0.123 e. The van der Waals surface area contributed by atoms with Gasteiger partial charge in [0.2, 0.25) is 0 Å². The molecule has 0 saturated heterocycles. The molecule has 0 aromatic heterocycles. The van der Waals surface area contributed by atoms with E-state index in [-0.39, 0.29) is 11.2 Å². The van der Waals surface area contributed by atoms with Crippen molar-refractivity contribution >= 4 is 11.6 Å². The van der Waals surface area contributed by atoms with Crippen molar-refractivity contribution in [1.29, 1.82) is 0 Å². The van der Waals surface area contributed by atoms with Crippen LogP contribution in [0.4, 0.5) is 4.39 Å². The summed E-state index contributed by atoms with van der Waals surface area (Å²) in [5.74, 6) is 0.309. The molecule has 0 saturated carbocycles. The summed E-state index contributed by atoms with van der Waals surface area (Å²) in [4.78, 5) is 0. The van der Waals surface area contributed by atoms with Crippen molar-refractivity contribution in [3.63, 3.8) is 0 Å². The highest BCUT2D eigenvalue weighted by Crippen LogP contribution is 2.16. The zero-order chi connectivity index (χ0) is 10.6. The summed E-state index contributed by atoms with van der Waals surface area (Å²) in [6, 6.07) is 6.71. The first-order chi connectivity index (χ1) is 6.59. The Bertz CT molecular complexity index is 283. The Hall–Kier alpha value is -0.560. The zero-order valence-corrected chi connectivity index (χ0v) is 9.39. The first kappa shape index (κ1) is 11.5. The van der Waals surface area contributed by atoms with Crippen molar-refractivity contribution in [2.45, 2.75) is 32.1 Å². The normalized spacial score (nSPS) is 13.2. The topological polar surface area (TPSA) is 0 Å². The Balaban J connectivity index is 2.45. The highest BCUT2D eigenvalue weighted by atomic mass is 35.5. The van der Waals surface area contributed by atoms with Gasteiger partial charge < -0.3 is 0 Å². The van der Waals surface area contributed by atoms with Gasteiger partial charge in [-0.3, -0.25) is 0 Å². The smallest absolute Gasteiger partial charge is 0.123 e. The molecular formula is C12H16ClF. The van der Waals surface area contributed by atoms with E-state index >= 15 is 0 Å². The number of hydrogen-bond donors (Lipinski definition) is 0. The second kappa shape index (κ2) is 5.35. The molecule has 1 rings (SSSR count). The van der Waals surface area contributed by atoms with Gasteiger partial charge in [0.15, 0.2) is 0 Å². The molecule has 0 heterocycles. The van der Waals surface area contributed by atoms with E-state index in [0.29, 0.717) is 5.92 Å². The summed E-state index contributed by atoms with van der Waals surface area (Å²) in [5.41, 5.74) is 1.02. The fraction of sp³-hybridized carbons (Fsp3) is 0.500. The van der Waals surface area contributed by atoms with E-state index in [1.54, 1.807) is 12.1 Å². The van der Waals surface area contributed by atoms with Crippen LogP contribution in [-0.2, 0) is 6.42 Å². The van der Waals surface area contributed by atoms with E-state index < -0.39 is 0 Å². The van der Waals surface area contributed by atoms with Crippen molar-refractivity contribution in [1.82, 2.24) is 0 Å². The van der Waals surface area contributed by atoms with Crippen LogP contribution in [0.1, 0.15) is 25.8 Å². The van der Waals surface area contributed by atoms with Crippen LogP contribution in [0.15, 0.2) is 24.3 Å². The molecule has 0 aliphatic heterocycles. The van der Waals surface area contributed by atoms with Crippen LogP contribution in [0.5, 0.6) is 0 Å². The number of hydrogen-bond acceptors (Lipinski definition) is 0. The lowest BCUT2D eigenvalue weighted by molar-refractivity contribution is 0.563. The van der Waals surface area contributed by atoms with Gasteiger partial charge in [-0.2, -0.15) is 0 Å². The molecule has 0 aliphatic rings. The van der Waals surface area contributed by atoms with Gasteiger partial charge in [-0.1, -0.05) is 26.0 Å². The fourth-order valence-electron chi connectivity index (χ4n) is 1.33. The minimum atomic E-state index is -0.168. The van der Waals surface area contributed by atoms with E-state index in [4.69, 9.17) is 11.6 Å². The molecule has 78 valence electrons. The predicted octanol–water partition coefficient (Wildman–Crippen LogP) is 4.02. The maximum atomic E-state index is 12.8. The molecule has 0 fully saturated rings. The Morgan fingerprint density at radius 1 is 1.36 bits per heavy atom. The van der Waals surface area contributed by atoms with Gasteiger partial charge in [0.25, 0.3) is 0 Å². The number of aryl methyl sites for hydroxylation is 1. The molecule has 0 N–H and O–H groups in total. The van der Waals surface area contributed by atoms with Crippen LogP contribution in [0.2, 0.25) is 0 Å². The SMILES string of the molecule is CC(C)C(Cl)CCc1cccc(F)c1. The Morgan fingerprint density at radius 2 is 2.07 bits per heavy atom.